The van der Waals surface area contributed by atoms with E-state index >= 15 is 0 Å². The van der Waals surface area contributed by atoms with Gasteiger partial charge < -0.3 is 4.57 Å². The highest BCUT2D eigenvalue weighted by Crippen LogP contribution is 2.28. The van der Waals surface area contributed by atoms with Crippen LogP contribution in [-0.2, 0) is 26.9 Å². The largest absolute Gasteiger partial charge is 0.305 e. The van der Waals surface area contributed by atoms with Crippen LogP contribution in [0.3, 0.4) is 0 Å². The summed E-state index contributed by atoms with van der Waals surface area (Å²) in [5, 5.41) is 20.7. The van der Waals surface area contributed by atoms with E-state index < -0.39 is 15.1 Å². The monoisotopic (exact) mass is 508 g/mol. The summed E-state index contributed by atoms with van der Waals surface area (Å²) in [5.74, 6) is 0.126. The molecular weight excluding hydrogens is 480 g/mol. The topological polar surface area (TPSA) is 120 Å². The smallest absolute Gasteiger partial charge is 0.239 e. The molecule has 0 radical (unpaired) electrons. The fraction of sp³-hybridized carbons (Fsp3) is 0.476. The number of nitrogens with one attached hydrogen (secondary N) is 1. The Kier molecular flexibility index (Phi) is 8.24. The van der Waals surface area contributed by atoms with E-state index in [1.54, 1.807) is 28.8 Å². The van der Waals surface area contributed by atoms with Crippen LogP contribution >= 0.6 is 23.1 Å². The number of hydrogen-bond acceptors (Lipinski definition) is 9. The minimum Gasteiger partial charge on any atom is -0.305 e. The summed E-state index contributed by atoms with van der Waals surface area (Å²) < 4.78 is 27.5. The molecule has 3 aromatic rings. The third-order valence-electron chi connectivity index (χ3n) is 4.88. The third kappa shape index (κ3) is 6.18. The van der Waals surface area contributed by atoms with E-state index in [4.69, 9.17) is 0 Å². The normalized spacial score (nSPS) is 12.8. The number of aromatic nitrogens is 5. The van der Waals surface area contributed by atoms with Crippen LogP contribution in [0.1, 0.15) is 56.4 Å². The van der Waals surface area contributed by atoms with Crippen molar-refractivity contribution in [1.29, 1.82) is 0 Å². The maximum atomic E-state index is 12.9. The van der Waals surface area contributed by atoms with E-state index in [-0.39, 0.29) is 22.5 Å². The molecule has 0 aliphatic heterocycles. The molecule has 2 aromatic heterocycles. The van der Waals surface area contributed by atoms with Crippen LogP contribution in [0.15, 0.2) is 34.3 Å². The van der Waals surface area contributed by atoms with E-state index in [0.29, 0.717) is 29.1 Å². The Morgan fingerprint density at radius 1 is 1.12 bits per heavy atom. The molecule has 1 amide bonds. The summed E-state index contributed by atoms with van der Waals surface area (Å²) in [6.07, 6.45) is 0.555. The second-order valence-electron chi connectivity index (χ2n) is 7.82. The molecule has 3 rings (SSSR count). The van der Waals surface area contributed by atoms with E-state index in [9.17, 15) is 13.2 Å². The van der Waals surface area contributed by atoms with Gasteiger partial charge in [0.1, 0.15) is 16.6 Å². The number of aryl methyl sites for hydroxylation is 1. The number of sulfone groups is 1. The Morgan fingerprint density at radius 3 is 2.39 bits per heavy atom. The van der Waals surface area contributed by atoms with Gasteiger partial charge in [0.2, 0.25) is 11.0 Å². The molecule has 2 heterocycles. The molecule has 1 atom stereocenters. The molecule has 0 spiro atoms. The summed E-state index contributed by atoms with van der Waals surface area (Å²) in [6.45, 7) is 10.2. The van der Waals surface area contributed by atoms with Crippen molar-refractivity contribution in [2.45, 2.75) is 74.6 Å². The van der Waals surface area contributed by atoms with Crippen LogP contribution in [0.2, 0.25) is 0 Å². The number of nitrogens with zero attached hydrogens (tertiary/aromatic N) is 5. The first-order valence-corrected chi connectivity index (χ1v) is 14.0. The average Bonchev–Trinajstić information content (AvgIpc) is 3.38. The lowest BCUT2D eigenvalue weighted by molar-refractivity contribution is -0.115. The van der Waals surface area contributed by atoms with E-state index in [1.165, 1.54) is 23.1 Å². The van der Waals surface area contributed by atoms with Crippen molar-refractivity contribution < 1.29 is 13.2 Å². The predicted molar refractivity (Wildman–Crippen MR) is 130 cm³/mol. The number of thioether (sulfide) groups is 1. The van der Waals surface area contributed by atoms with Gasteiger partial charge in [-0.15, -0.1) is 20.4 Å². The maximum Gasteiger partial charge on any atom is 0.239 e. The zero-order valence-electron chi connectivity index (χ0n) is 19.3. The molecule has 12 heteroatoms. The highest BCUT2D eigenvalue weighted by molar-refractivity contribution is 8.00. The Hall–Kier alpha value is -2.31. The lowest BCUT2D eigenvalue weighted by Gasteiger charge is -2.14. The number of rotatable bonds is 10. The zero-order chi connectivity index (χ0) is 24.2. The maximum absolute atomic E-state index is 12.9. The second kappa shape index (κ2) is 10.7. The van der Waals surface area contributed by atoms with Crippen molar-refractivity contribution in [3.05, 3.63) is 40.7 Å². The molecule has 0 fully saturated rings. The van der Waals surface area contributed by atoms with Gasteiger partial charge in [-0.05, 0) is 32.4 Å². The average molecular weight is 509 g/mol. The fourth-order valence-electron chi connectivity index (χ4n) is 2.98. The first kappa shape index (κ1) is 25.3. The Labute approximate surface area is 202 Å². The van der Waals surface area contributed by atoms with Gasteiger partial charge in [-0.25, -0.2) is 8.42 Å². The number of carbonyl (C=O) groups is 1. The third-order valence-corrected chi connectivity index (χ3v) is 9.00. The van der Waals surface area contributed by atoms with Crippen LogP contribution in [-0.4, -0.2) is 44.5 Å². The molecule has 33 heavy (non-hydrogen) atoms. The van der Waals surface area contributed by atoms with Crippen molar-refractivity contribution in [3.8, 4) is 0 Å². The van der Waals surface area contributed by atoms with Crippen molar-refractivity contribution in [2.75, 3.05) is 5.32 Å². The highest BCUT2D eigenvalue weighted by Gasteiger charge is 2.25. The SMILES string of the molecule is CCC(Sc1nnc(CS(=O)(=O)c2ccc(C)cc2)n1CC)C(=O)Nc1nnc(C(C)C)s1. The van der Waals surface area contributed by atoms with Gasteiger partial charge in [0.15, 0.2) is 15.0 Å². The van der Waals surface area contributed by atoms with Crippen LogP contribution in [0, 0.1) is 6.92 Å². The molecule has 1 N–H and O–H groups in total. The molecule has 178 valence electrons. The molecule has 1 unspecified atom stereocenters. The molecule has 0 bridgehead atoms. The number of amides is 1. The summed E-state index contributed by atoms with van der Waals surface area (Å²) in [4.78, 5) is 13.1. The van der Waals surface area contributed by atoms with Gasteiger partial charge in [-0.3, -0.25) is 10.1 Å². The number of benzene rings is 1. The van der Waals surface area contributed by atoms with E-state index in [2.05, 4.69) is 25.7 Å². The van der Waals surface area contributed by atoms with Crippen LogP contribution in [0.4, 0.5) is 5.13 Å². The van der Waals surface area contributed by atoms with Crippen LogP contribution in [0.25, 0.3) is 0 Å². The summed E-state index contributed by atoms with van der Waals surface area (Å²) in [7, 11) is -3.57. The number of anilines is 1. The Morgan fingerprint density at radius 2 is 1.82 bits per heavy atom. The molecule has 9 nitrogen and oxygen atoms in total. The predicted octanol–water partition coefficient (Wildman–Crippen LogP) is 4.06. The van der Waals surface area contributed by atoms with Crippen LogP contribution < -0.4 is 5.32 Å². The number of hydrogen-bond donors (Lipinski definition) is 1. The first-order valence-electron chi connectivity index (χ1n) is 10.7. The van der Waals surface area contributed by atoms with Gasteiger partial charge in [-0.1, -0.05) is 61.6 Å². The lowest BCUT2D eigenvalue weighted by atomic mass is 10.2. The van der Waals surface area contributed by atoms with Gasteiger partial charge in [0.25, 0.3) is 0 Å². The molecule has 0 aliphatic rings. The number of carbonyl (C=O) groups excluding carboxylic acids is 1. The Bertz CT molecular complexity index is 1200. The fourth-order valence-corrected chi connectivity index (χ4v) is 6.04. The molecule has 0 aliphatic carbocycles. The van der Waals surface area contributed by atoms with E-state index in [1.807, 2.05) is 34.6 Å². The second-order valence-corrected chi connectivity index (χ2v) is 12.0. The summed E-state index contributed by atoms with van der Waals surface area (Å²) >= 11 is 2.62. The minimum atomic E-state index is -3.57. The quantitative estimate of drug-likeness (QED) is 0.407. The highest BCUT2D eigenvalue weighted by atomic mass is 32.2. The van der Waals surface area contributed by atoms with Gasteiger partial charge in [0, 0.05) is 12.5 Å². The van der Waals surface area contributed by atoms with Gasteiger partial charge in [-0.2, -0.15) is 0 Å². The molecule has 0 saturated heterocycles. The van der Waals surface area contributed by atoms with Crippen molar-refractivity contribution in [1.82, 2.24) is 25.0 Å². The molecular formula is C21H28N6O3S3. The van der Waals surface area contributed by atoms with Crippen LogP contribution in [0.5, 0.6) is 0 Å². The van der Waals surface area contributed by atoms with Crippen molar-refractivity contribution in [3.63, 3.8) is 0 Å². The van der Waals surface area contributed by atoms with Gasteiger partial charge >= 0.3 is 0 Å². The summed E-state index contributed by atoms with van der Waals surface area (Å²) in [5.41, 5.74) is 0.988. The summed E-state index contributed by atoms with van der Waals surface area (Å²) in [6, 6.07) is 6.74. The Balaban J connectivity index is 1.74. The van der Waals surface area contributed by atoms with Gasteiger partial charge in [0.05, 0.1) is 10.1 Å². The van der Waals surface area contributed by atoms with E-state index in [0.717, 1.165) is 10.6 Å². The van der Waals surface area contributed by atoms with Crippen molar-refractivity contribution >= 4 is 44.0 Å². The lowest BCUT2D eigenvalue weighted by Crippen LogP contribution is -2.25. The zero-order valence-corrected chi connectivity index (χ0v) is 21.7. The standard InChI is InChI=1S/C21H28N6O3S3/c1-6-16(18(28)22-20-25-24-19(32-20)13(3)4)31-21-26-23-17(27(21)7-2)12-33(29,30)15-10-8-14(5)9-11-15/h8-11,13,16H,6-7,12H2,1-5H3,(H,22,25,28). The minimum absolute atomic E-state index is 0.201. The first-order chi connectivity index (χ1) is 15.6. The molecule has 0 saturated carbocycles. The molecule has 1 aromatic carbocycles. The van der Waals surface area contributed by atoms with Crippen molar-refractivity contribution in [2.24, 2.45) is 0 Å².